The molecule has 1 aromatic rings. The van der Waals surface area contributed by atoms with E-state index in [2.05, 4.69) is 31.8 Å². The molecule has 1 aliphatic rings. The Balaban J connectivity index is 2.05. The molecular weight excluding hydrogens is 294 g/mol. The molecule has 1 aliphatic carbocycles. The number of ether oxygens (including phenoxy) is 1. The van der Waals surface area contributed by atoms with Crippen LogP contribution in [-0.2, 0) is 4.74 Å². The second kappa shape index (κ2) is 5.96. The molecule has 0 saturated heterocycles. The number of benzene rings is 1. The minimum Gasteiger partial charge on any atom is -0.378 e. The molecule has 0 aliphatic heterocycles. The lowest BCUT2D eigenvalue weighted by molar-refractivity contribution is -0.111. The summed E-state index contributed by atoms with van der Waals surface area (Å²) in [7, 11) is 0. The SMILES string of the molecule is CCOC1CC(NC(=O)c2cc(S)ccc2Cl)C1(C)C. The molecule has 110 valence electrons. The van der Waals surface area contributed by atoms with Crippen LogP contribution in [0.15, 0.2) is 23.1 Å². The number of hydrogen-bond acceptors (Lipinski definition) is 3. The number of carbonyl (C=O) groups is 1. The summed E-state index contributed by atoms with van der Waals surface area (Å²) in [6, 6.07) is 5.24. The summed E-state index contributed by atoms with van der Waals surface area (Å²) in [4.78, 5) is 13.0. The Bertz CT molecular complexity index is 519. The van der Waals surface area contributed by atoms with E-state index in [9.17, 15) is 4.79 Å². The van der Waals surface area contributed by atoms with Crippen molar-refractivity contribution in [2.45, 2.75) is 44.2 Å². The van der Waals surface area contributed by atoms with E-state index in [-0.39, 0.29) is 23.5 Å². The molecule has 20 heavy (non-hydrogen) atoms. The molecule has 0 radical (unpaired) electrons. The van der Waals surface area contributed by atoms with E-state index in [0.717, 1.165) is 11.3 Å². The highest BCUT2D eigenvalue weighted by Gasteiger charge is 2.49. The Morgan fingerprint density at radius 2 is 2.25 bits per heavy atom. The van der Waals surface area contributed by atoms with Crippen molar-refractivity contribution in [2.75, 3.05) is 6.61 Å². The molecule has 2 unspecified atom stereocenters. The minimum absolute atomic E-state index is 0.0588. The Morgan fingerprint density at radius 1 is 1.55 bits per heavy atom. The molecule has 1 fully saturated rings. The maximum atomic E-state index is 12.3. The Labute approximate surface area is 130 Å². The van der Waals surface area contributed by atoms with Crippen LogP contribution < -0.4 is 5.32 Å². The second-order valence-electron chi connectivity index (χ2n) is 5.69. The third-order valence-corrected chi connectivity index (χ3v) is 4.65. The first kappa shape index (κ1) is 15.7. The Morgan fingerprint density at radius 3 is 2.85 bits per heavy atom. The molecule has 0 aromatic heterocycles. The van der Waals surface area contributed by atoms with Gasteiger partial charge in [0.1, 0.15) is 0 Å². The first-order valence-corrected chi connectivity index (χ1v) is 7.59. The maximum absolute atomic E-state index is 12.3. The van der Waals surface area contributed by atoms with Gasteiger partial charge in [-0.3, -0.25) is 4.79 Å². The molecule has 1 N–H and O–H groups in total. The van der Waals surface area contributed by atoms with Crippen LogP contribution in [0.2, 0.25) is 5.02 Å². The normalized spacial score (nSPS) is 24.1. The summed E-state index contributed by atoms with van der Waals surface area (Å²) in [5.74, 6) is -0.154. The quantitative estimate of drug-likeness (QED) is 0.834. The summed E-state index contributed by atoms with van der Waals surface area (Å²) in [5, 5.41) is 3.49. The van der Waals surface area contributed by atoms with Crippen molar-refractivity contribution >= 4 is 30.1 Å². The topological polar surface area (TPSA) is 38.3 Å². The van der Waals surface area contributed by atoms with Crippen molar-refractivity contribution in [3.05, 3.63) is 28.8 Å². The van der Waals surface area contributed by atoms with E-state index in [0.29, 0.717) is 17.2 Å². The van der Waals surface area contributed by atoms with Gasteiger partial charge < -0.3 is 10.1 Å². The van der Waals surface area contributed by atoms with Gasteiger partial charge in [0.05, 0.1) is 16.7 Å². The van der Waals surface area contributed by atoms with Crippen LogP contribution in [0.1, 0.15) is 37.6 Å². The maximum Gasteiger partial charge on any atom is 0.253 e. The number of carbonyl (C=O) groups excluding carboxylic acids is 1. The van der Waals surface area contributed by atoms with Gasteiger partial charge in [-0.2, -0.15) is 0 Å². The zero-order valence-electron chi connectivity index (χ0n) is 11.9. The van der Waals surface area contributed by atoms with Gasteiger partial charge in [-0.05, 0) is 31.5 Å². The molecule has 1 saturated carbocycles. The van der Waals surface area contributed by atoms with Crippen LogP contribution in [0.3, 0.4) is 0 Å². The minimum atomic E-state index is -0.154. The van der Waals surface area contributed by atoms with Crippen molar-refractivity contribution in [1.29, 1.82) is 0 Å². The third-order valence-electron chi connectivity index (χ3n) is 4.05. The van der Waals surface area contributed by atoms with Crippen molar-refractivity contribution in [1.82, 2.24) is 5.32 Å². The predicted octanol–water partition coefficient (Wildman–Crippen LogP) is 3.56. The molecule has 0 heterocycles. The van der Waals surface area contributed by atoms with Gasteiger partial charge in [0.2, 0.25) is 0 Å². The summed E-state index contributed by atoms with van der Waals surface area (Å²) in [5.41, 5.74) is 0.409. The van der Waals surface area contributed by atoms with Crippen molar-refractivity contribution in [3.63, 3.8) is 0 Å². The average Bonchev–Trinajstić information content (AvgIpc) is 2.40. The van der Waals surface area contributed by atoms with Crippen molar-refractivity contribution in [2.24, 2.45) is 5.41 Å². The number of hydrogen-bond donors (Lipinski definition) is 2. The molecule has 3 nitrogen and oxygen atoms in total. The van der Waals surface area contributed by atoms with E-state index >= 15 is 0 Å². The summed E-state index contributed by atoms with van der Waals surface area (Å²) >= 11 is 10.3. The van der Waals surface area contributed by atoms with Crippen LogP contribution in [-0.4, -0.2) is 24.7 Å². The monoisotopic (exact) mass is 313 g/mol. The van der Waals surface area contributed by atoms with Gasteiger partial charge in [0, 0.05) is 23.0 Å². The predicted molar refractivity (Wildman–Crippen MR) is 83.8 cm³/mol. The molecule has 0 spiro atoms. The lowest BCUT2D eigenvalue weighted by atomic mass is 9.64. The first-order valence-electron chi connectivity index (χ1n) is 6.77. The molecular formula is C15H20ClNO2S. The number of rotatable bonds is 4. The van der Waals surface area contributed by atoms with Gasteiger partial charge in [-0.25, -0.2) is 0 Å². The van der Waals surface area contributed by atoms with Gasteiger partial charge in [-0.1, -0.05) is 25.4 Å². The smallest absolute Gasteiger partial charge is 0.253 e. The lowest BCUT2D eigenvalue weighted by Gasteiger charge is -2.51. The van der Waals surface area contributed by atoms with Gasteiger partial charge >= 0.3 is 0 Å². The van der Waals surface area contributed by atoms with Gasteiger partial charge in [0.15, 0.2) is 0 Å². The fourth-order valence-corrected chi connectivity index (χ4v) is 2.94. The first-order chi connectivity index (χ1) is 9.36. The highest BCUT2D eigenvalue weighted by atomic mass is 35.5. The highest BCUT2D eigenvalue weighted by molar-refractivity contribution is 7.80. The molecule has 5 heteroatoms. The van der Waals surface area contributed by atoms with Gasteiger partial charge in [-0.15, -0.1) is 12.6 Å². The fourth-order valence-electron chi connectivity index (χ4n) is 2.54. The molecule has 1 aromatic carbocycles. The average molecular weight is 314 g/mol. The summed E-state index contributed by atoms with van der Waals surface area (Å²) in [6.07, 6.45) is 1.04. The van der Waals surface area contributed by atoms with Crippen LogP contribution in [0.4, 0.5) is 0 Å². The van der Waals surface area contributed by atoms with Crippen LogP contribution in [0, 0.1) is 5.41 Å². The third kappa shape index (κ3) is 2.97. The van der Waals surface area contributed by atoms with Crippen LogP contribution in [0.5, 0.6) is 0 Å². The highest BCUT2D eigenvalue weighted by Crippen LogP contribution is 2.42. The number of nitrogens with one attached hydrogen (secondary N) is 1. The molecule has 0 bridgehead atoms. The zero-order valence-corrected chi connectivity index (χ0v) is 13.6. The largest absolute Gasteiger partial charge is 0.378 e. The summed E-state index contributed by atoms with van der Waals surface area (Å²) < 4.78 is 5.66. The second-order valence-corrected chi connectivity index (χ2v) is 6.61. The van der Waals surface area contributed by atoms with Crippen LogP contribution >= 0.6 is 24.2 Å². The van der Waals surface area contributed by atoms with E-state index < -0.39 is 0 Å². The molecule has 2 atom stereocenters. The van der Waals surface area contributed by atoms with E-state index in [4.69, 9.17) is 16.3 Å². The molecule has 1 amide bonds. The Hall–Kier alpha value is -0.710. The van der Waals surface area contributed by atoms with Crippen molar-refractivity contribution < 1.29 is 9.53 Å². The number of thiol groups is 1. The van der Waals surface area contributed by atoms with Crippen molar-refractivity contribution in [3.8, 4) is 0 Å². The zero-order chi connectivity index (χ0) is 14.9. The number of halogens is 1. The lowest BCUT2D eigenvalue weighted by Crippen LogP contribution is -2.62. The van der Waals surface area contributed by atoms with E-state index in [1.165, 1.54) is 0 Å². The number of amides is 1. The molecule has 2 rings (SSSR count). The van der Waals surface area contributed by atoms with E-state index in [1.54, 1.807) is 18.2 Å². The standard InChI is InChI=1S/C15H20ClNO2S/c1-4-19-13-8-12(15(13,2)3)17-14(18)10-7-9(20)5-6-11(10)16/h5-7,12-13,20H,4,8H2,1-3H3,(H,17,18). The van der Waals surface area contributed by atoms with E-state index in [1.807, 2.05) is 6.92 Å². The Kier molecular flexibility index (Phi) is 4.67. The van der Waals surface area contributed by atoms with Crippen LogP contribution in [0.25, 0.3) is 0 Å². The fraction of sp³-hybridized carbons (Fsp3) is 0.533. The summed E-state index contributed by atoms with van der Waals surface area (Å²) in [6.45, 7) is 6.90. The van der Waals surface area contributed by atoms with Gasteiger partial charge in [0.25, 0.3) is 5.91 Å².